The number of anilines is 1. The van der Waals surface area contributed by atoms with Gasteiger partial charge in [0.05, 0.1) is 24.5 Å². The zero-order chi connectivity index (χ0) is 15.4. The highest BCUT2D eigenvalue weighted by Gasteiger charge is 2.29. The molecule has 1 aromatic heterocycles. The third-order valence-electron chi connectivity index (χ3n) is 3.52. The molecule has 22 heavy (non-hydrogen) atoms. The first kappa shape index (κ1) is 14.8. The van der Waals surface area contributed by atoms with E-state index in [-0.39, 0.29) is 18.2 Å². The van der Waals surface area contributed by atoms with Gasteiger partial charge < -0.3 is 14.8 Å². The maximum atomic E-state index is 5.88. The lowest BCUT2D eigenvalue weighted by Crippen LogP contribution is -2.24. The molecule has 5 heteroatoms. The van der Waals surface area contributed by atoms with Crippen LogP contribution in [-0.2, 0) is 4.74 Å². The fraction of sp³-hybridized carbons (Fsp3) is 0.412. The van der Waals surface area contributed by atoms with Crippen LogP contribution in [0.15, 0.2) is 42.7 Å². The highest BCUT2D eigenvalue weighted by molar-refractivity contribution is 5.36. The van der Waals surface area contributed by atoms with Crippen LogP contribution in [0.2, 0.25) is 0 Å². The van der Waals surface area contributed by atoms with Crippen molar-refractivity contribution in [1.29, 1.82) is 0 Å². The molecule has 0 aliphatic carbocycles. The summed E-state index contributed by atoms with van der Waals surface area (Å²) >= 11 is 0. The van der Waals surface area contributed by atoms with Gasteiger partial charge in [0.25, 0.3) is 0 Å². The quantitative estimate of drug-likeness (QED) is 0.918. The van der Waals surface area contributed by atoms with E-state index < -0.39 is 0 Å². The molecule has 1 aromatic carbocycles. The molecule has 2 aromatic rings. The van der Waals surface area contributed by atoms with Crippen molar-refractivity contribution in [1.82, 2.24) is 9.97 Å². The molecule has 0 spiro atoms. The fourth-order valence-electron chi connectivity index (χ4n) is 2.61. The summed E-state index contributed by atoms with van der Waals surface area (Å²) in [5, 5.41) is 3.42. The highest BCUT2D eigenvalue weighted by Crippen LogP contribution is 2.31. The third-order valence-corrected chi connectivity index (χ3v) is 3.52. The zero-order valence-electron chi connectivity index (χ0n) is 12.9. The first-order chi connectivity index (χ1) is 10.7. The van der Waals surface area contributed by atoms with E-state index in [1.165, 1.54) is 5.56 Å². The Bertz CT molecular complexity index is 604. The lowest BCUT2D eigenvalue weighted by Gasteiger charge is -2.21. The van der Waals surface area contributed by atoms with Crippen molar-refractivity contribution in [2.24, 2.45) is 0 Å². The predicted molar refractivity (Wildman–Crippen MR) is 85.0 cm³/mol. The van der Waals surface area contributed by atoms with Crippen molar-refractivity contribution in [3.8, 4) is 5.88 Å². The van der Waals surface area contributed by atoms with Gasteiger partial charge in [-0.2, -0.15) is 4.98 Å². The maximum Gasteiger partial charge on any atom is 0.234 e. The van der Waals surface area contributed by atoms with Gasteiger partial charge in [0.1, 0.15) is 11.9 Å². The van der Waals surface area contributed by atoms with E-state index in [0.29, 0.717) is 5.88 Å². The van der Waals surface area contributed by atoms with Crippen molar-refractivity contribution in [2.75, 3.05) is 11.9 Å². The van der Waals surface area contributed by atoms with Gasteiger partial charge >= 0.3 is 0 Å². The number of benzene rings is 1. The van der Waals surface area contributed by atoms with Crippen LogP contribution in [0.3, 0.4) is 0 Å². The molecule has 0 saturated carbocycles. The lowest BCUT2D eigenvalue weighted by molar-refractivity contribution is 0.107. The van der Waals surface area contributed by atoms with Crippen LogP contribution in [0.25, 0.3) is 0 Å². The van der Waals surface area contributed by atoms with E-state index in [0.717, 1.165) is 18.8 Å². The minimum absolute atomic E-state index is 0.0395. The van der Waals surface area contributed by atoms with Crippen molar-refractivity contribution in [3.05, 3.63) is 48.3 Å². The summed E-state index contributed by atoms with van der Waals surface area (Å²) in [5.41, 5.74) is 1.18. The van der Waals surface area contributed by atoms with Gasteiger partial charge in [0.2, 0.25) is 5.88 Å². The van der Waals surface area contributed by atoms with Crippen LogP contribution in [0.1, 0.15) is 31.9 Å². The summed E-state index contributed by atoms with van der Waals surface area (Å²) in [6.45, 7) is 4.68. The normalized spacial score (nSPS) is 21.0. The van der Waals surface area contributed by atoms with E-state index in [2.05, 4.69) is 27.4 Å². The average Bonchev–Trinajstić information content (AvgIpc) is 2.96. The summed E-state index contributed by atoms with van der Waals surface area (Å²) in [6.07, 6.45) is 4.41. The van der Waals surface area contributed by atoms with Crippen LogP contribution < -0.4 is 10.1 Å². The number of hydrogen-bond donors (Lipinski definition) is 1. The molecule has 0 amide bonds. The van der Waals surface area contributed by atoms with Crippen LogP contribution >= 0.6 is 0 Å². The Hall–Kier alpha value is -2.14. The molecule has 3 rings (SSSR count). The number of hydrogen-bond acceptors (Lipinski definition) is 5. The minimum Gasteiger partial charge on any atom is -0.474 e. The number of nitrogens with zero attached hydrogens (tertiary/aromatic N) is 2. The van der Waals surface area contributed by atoms with E-state index in [9.17, 15) is 0 Å². The van der Waals surface area contributed by atoms with Gasteiger partial charge in [-0.05, 0) is 25.8 Å². The van der Waals surface area contributed by atoms with E-state index in [1.807, 2.05) is 32.0 Å². The Balaban J connectivity index is 1.72. The molecule has 2 heterocycles. The molecule has 1 saturated heterocycles. The summed E-state index contributed by atoms with van der Waals surface area (Å²) in [7, 11) is 0. The fourth-order valence-corrected chi connectivity index (χ4v) is 2.61. The molecule has 0 bridgehead atoms. The summed E-state index contributed by atoms with van der Waals surface area (Å²) in [5.74, 6) is 1.25. The molecule has 2 unspecified atom stereocenters. The number of aromatic nitrogens is 2. The Morgan fingerprint density at radius 3 is 2.82 bits per heavy atom. The third kappa shape index (κ3) is 3.54. The van der Waals surface area contributed by atoms with Crippen LogP contribution in [-0.4, -0.2) is 28.7 Å². The molecule has 1 fully saturated rings. The highest BCUT2D eigenvalue weighted by atomic mass is 16.5. The average molecular weight is 299 g/mol. The van der Waals surface area contributed by atoms with Crippen LogP contribution in [0, 0.1) is 0 Å². The molecular formula is C17H21N3O2. The van der Waals surface area contributed by atoms with Gasteiger partial charge in [0, 0.05) is 6.61 Å². The number of rotatable bonds is 5. The minimum atomic E-state index is 0.0395. The summed E-state index contributed by atoms with van der Waals surface area (Å²) < 4.78 is 11.5. The molecular weight excluding hydrogens is 278 g/mol. The van der Waals surface area contributed by atoms with Crippen molar-refractivity contribution >= 4 is 5.82 Å². The molecule has 5 nitrogen and oxygen atoms in total. The maximum absolute atomic E-state index is 5.88. The monoisotopic (exact) mass is 299 g/mol. The first-order valence-electron chi connectivity index (χ1n) is 7.64. The predicted octanol–water partition coefficient (Wildman–Crippen LogP) is 3.21. The van der Waals surface area contributed by atoms with Gasteiger partial charge in [-0.15, -0.1) is 0 Å². The molecule has 2 atom stereocenters. The SMILES string of the molecule is CC(C)Oc1cncc(NC2CCOC2c2ccccc2)n1. The van der Waals surface area contributed by atoms with Gasteiger partial charge in [0.15, 0.2) is 0 Å². The smallest absolute Gasteiger partial charge is 0.234 e. The Kier molecular flexibility index (Phi) is 4.53. The number of nitrogens with one attached hydrogen (secondary N) is 1. The van der Waals surface area contributed by atoms with Gasteiger partial charge in [-0.25, -0.2) is 0 Å². The summed E-state index contributed by atoms with van der Waals surface area (Å²) in [6, 6.07) is 10.4. The van der Waals surface area contributed by atoms with Crippen LogP contribution in [0.5, 0.6) is 5.88 Å². The summed E-state index contributed by atoms with van der Waals surface area (Å²) in [4.78, 5) is 8.64. The van der Waals surface area contributed by atoms with Gasteiger partial charge in [-0.1, -0.05) is 30.3 Å². The largest absolute Gasteiger partial charge is 0.474 e. The second kappa shape index (κ2) is 6.75. The van der Waals surface area contributed by atoms with Crippen molar-refractivity contribution in [2.45, 2.75) is 38.5 Å². The molecule has 1 aliphatic rings. The molecule has 1 aliphatic heterocycles. The molecule has 116 valence electrons. The second-order valence-corrected chi connectivity index (χ2v) is 5.65. The van der Waals surface area contributed by atoms with Gasteiger partial charge in [-0.3, -0.25) is 4.98 Å². The number of ether oxygens (including phenoxy) is 2. The Morgan fingerprint density at radius 1 is 1.23 bits per heavy atom. The molecule has 1 N–H and O–H groups in total. The van der Waals surface area contributed by atoms with E-state index >= 15 is 0 Å². The van der Waals surface area contributed by atoms with Crippen molar-refractivity contribution in [3.63, 3.8) is 0 Å². The van der Waals surface area contributed by atoms with Crippen molar-refractivity contribution < 1.29 is 9.47 Å². The first-order valence-corrected chi connectivity index (χ1v) is 7.64. The molecule has 0 radical (unpaired) electrons. The topological polar surface area (TPSA) is 56.3 Å². The van der Waals surface area contributed by atoms with Crippen LogP contribution in [0.4, 0.5) is 5.82 Å². The Morgan fingerprint density at radius 2 is 2.05 bits per heavy atom. The Labute approximate surface area is 130 Å². The lowest BCUT2D eigenvalue weighted by atomic mass is 10.0. The second-order valence-electron chi connectivity index (χ2n) is 5.65. The zero-order valence-corrected chi connectivity index (χ0v) is 12.9. The van der Waals surface area contributed by atoms with E-state index in [1.54, 1.807) is 12.4 Å². The standard InChI is InChI=1S/C17H21N3O2/c1-12(2)22-16-11-18-10-15(20-16)19-14-8-9-21-17(14)13-6-4-3-5-7-13/h3-7,10-12,14,17H,8-9H2,1-2H3,(H,19,20). The van der Waals surface area contributed by atoms with E-state index in [4.69, 9.17) is 9.47 Å².